The lowest BCUT2D eigenvalue weighted by Gasteiger charge is -2.19. The molecule has 0 N–H and O–H groups in total. The molecular formula is C17H23NO2. The molecule has 1 saturated heterocycles. The lowest BCUT2D eigenvalue weighted by Crippen LogP contribution is -2.28. The molecule has 2 unspecified atom stereocenters. The molecule has 1 heterocycles. The van der Waals surface area contributed by atoms with Gasteiger partial charge in [-0.05, 0) is 33.3 Å². The van der Waals surface area contributed by atoms with Crippen LogP contribution in [0.4, 0.5) is 0 Å². The first-order valence-corrected chi connectivity index (χ1v) is 6.97. The summed E-state index contributed by atoms with van der Waals surface area (Å²) in [7, 11) is 0. The Hall–Kier alpha value is -1.61. The van der Waals surface area contributed by atoms with Gasteiger partial charge in [0.1, 0.15) is 11.6 Å². The molecule has 20 heavy (non-hydrogen) atoms. The van der Waals surface area contributed by atoms with Crippen molar-refractivity contribution in [3.8, 4) is 0 Å². The molecule has 1 aromatic rings. The predicted molar refractivity (Wildman–Crippen MR) is 80.2 cm³/mol. The van der Waals surface area contributed by atoms with E-state index in [1.54, 1.807) is 0 Å². The minimum absolute atomic E-state index is 0.102. The monoisotopic (exact) mass is 273 g/mol. The molecule has 0 aromatic heterocycles. The average molecular weight is 273 g/mol. The van der Waals surface area contributed by atoms with E-state index >= 15 is 0 Å². The molecule has 0 bridgehead atoms. The van der Waals surface area contributed by atoms with E-state index in [9.17, 15) is 4.79 Å². The highest BCUT2D eigenvalue weighted by atomic mass is 16.6. The van der Waals surface area contributed by atoms with Crippen LogP contribution in [-0.2, 0) is 16.1 Å². The number of carbonyl (C=O) groups is 1. The molecule has 3 heteroatoms. The average Bonchev–Trinajstić information content (AvgIpc) is 3.02. The lowest BCUT2D eigenvalue weighted by molar-refractivity contribution is -0.155. The largest absolute Gasteiger partial charge is 0.459 e. The Balaban J connectivity index is 2.05. The summed E-state index contributed by atoms with van der Waals surface area (Å²) in [5.74, 6) is -0.151. The van der Waals surface area contributed by atoms with Crippen LogP contribution in [0.1, 0.15) is 33.3 Å². The van der Waals surface area contributed by atoms with Crippen molar-refractivity contribution in [3.05, 3.63) is 48.0 Å². The van der Waals surface area contributed by atoms with Crippen LogP contribution in [0.5, 0.6) is 0 Å². The van der Waals surface area contributed by atoms with Gasteiger partial charge in [0.15, 0.2) is 0 Å². The van der Waals surface area contributed by atoms with E-state index in [0.717, 1.165) is 12.1 Å². The molecule has 0 radical (unpaired) electrons. The van der Waals surface area contributed by atoms with Crippen LogP contribution >= 0.6 is 0 Å². The van der Waals surface area contributed by atoms with Gasteiger partial charge in [-0.15, -0.1) is 0 Å². The SMILES string of the molecule is C=C(C)C1[C@H](C(=O)OC(C)(C)C)N1Cc1ccccc1. The summed E-state index contributed by atoms with van der Waals surface area (Å²) in [6.07, 6.45) is 0. The van der Waals surface area contributed by atoms with Crippen molar-refractivity contribution in [2.75, 3.05) is 0 Å². The number of esters is 1. The fraction of sp³-hybridized carbons (Fsp3) is 0.471. The van der Waals surface area contributed by atoms with Crippen molar-refractivity contribution in [1.29, 1.82) is 0 Å². The maximum Gasteiger partial charge on any atom is 0.325 e. The van der Waals surface area contributed by atoms with Crippen LogP contribution in [0.3, 0.4) is 0 Å². The van der Waals surface area contributed by atoms with Gasteiger partial charge in [-0.1, -0.05) is 42.5 Å². The summed E-state index contributed by atoms with van der Waals surface area (Å²) >= 11 is 0. The zero-order valence-electron chi connectivity index (χ0n) is 12.7. The number of rotatable bonds is 4. The van der Waals surface area contributed by atoms with Crippen molar-refractivity contribution < 1.29 is 9.53 Å². The molecule has 1 aliphatic heterocycles. The summed E-state index contributed by atoms with van der Waals surface area (Å²) in [6.45, 7) is 12.4. The second-order valence-corrected chi connectivity index (χ2v) is 6.43. The molecule has 3 atom stereocenters. The number of hydrogen-bond acceptors (Lipinski definition) is 3. The fourth-order valence-electron chi connectivity index (χ4n) is 2.45. The molecule has 0 aliphatic carbocycles. The number of hydrogen-bond donors (Lipinski definition) is 0. The highest BCUT2D eigenvalue weighted by Crippen LogP contribution is 2.36. The highest BCUT2D eigenvalue weighted by Gasteiger charge is 2.54. The molecule has 1 aliphatic rings. The van der Waals surface area contributed by atoms with Gasteiger partial charge in [0.2, 0.25) is 0 Å². The van der Waals surface area contributed by atoms with Gasteiger partial charge in [-0.2, -0.15) is 0 Å². The summed E-state index contributed by atoms with van der Waals surface area (Å²) in [5, 5.41) is 0. The van der Waals surface area contributed by atoms with E-state index in [-0.39, 0.29) is 18.1 Å². The van der Waals surface area contributed by atoms with Crippen LogP contribution in [0, 0.1) is 0 Å². The molecule has 1 fully saturated rings. The van der Waals surface area contributed by atoms with Gasteiger partial charge < -0.3 is 4.74 Å². The molecule has 3 nitrogen and oxygen atoms in total. The van der Waals surface area contributed by atoms with Crippen LogP contribution in [0.15, 0.2) is 42.5 Å². The Morgan fingerprint density at radius 2 is 1.85 bits per heavy atom. The van der Waals surface area contributed by atoms with Crippen molar-refractivity contribution >= 4 is 5.97 Å². The van der Waals surface area contributed by atoms with Gasteiger partial charge in [0.25, 0.3) is 0 Å². The first-order chi connectivity index (χ1) is 9.29. The van der Waals surface area contributed by atoms with E-state index < -0.39 is 5.60 Å². The Morgan fingerprint density at radius 3 is 2.35 bits per heavy atom. The van der Waals surface area contributed by atoms with Gasteiger partial charge >= 0.3 is 5.97 Å². The number of ether oxygens (including phenoxy) is 1. The van der Waals surface area contributed by atoms with Crippen LogP contribution < -0.4 is 0 Å². The summed E-state index contributed by atoms with van der Waals surface area (Å²) in [5.41, 5.74) is 1.76. The predicted octanol–water partition coefficient (Wildman–Crippen LogP) is 3.16. The molecular weight excluding hydrogens is 250 g/mol. The summed E-state index contributed by atoms with van der Waals surface area (Å²) < 4.78 is 5.49. The third-order valence-electron chi connectivity index (χ3n) is 3.29. The second-order valence-electron chi connectivity index (χ2n) is 6.43. The molecule has 0 saturated carbocycles. The number of carbonyl (C=O) groups excluding carboxylic acids is 1. The van der Waals surface area contributed by atoms with Crippen molar-refractivity contribution in [2.24, 2.45) is 0 Å². The van der Waals surface area contributed by atoms with Crippen LogP contribution in [-0.4, -0.2) is 28.6 Å². The second kappa shape index (κ2) is 5.41. The normalized spacial score (nSPS) is 25.1. The standard InChI is InChI=1S/C17H23NO2/c1-12(2)14-15(16(19)20-17(3,4)5)18(14)11-13-9-7-6-8-10-13/h6-10,14-15H,1,11H2,2-5H3/t14?,15-,18?/m1/s1. The first kappa shape index (κ1) is 14.8. The Morgan fingerprint density at radius 1 is 1.25 bits per heavy atom. The molecule has 1 aromatic carbocycles. The minimum Gasteiger partial charge on any atom is -0.459 e. The Bertz CT molecular complexity index is 501. The molecule has 108 valence electrons. The van der Waals surface area contributed by atoms with E-state index in [2.05, 4.69) is 23.6 Å². The third kappa shape index (κ3) is 3.48. The van der Waals surface area contributed by atoms with Gasteiger partial charge in [-0.25, -0.2) is 0 Å². The van der Waals surface area contributed by atoms with E-state index in [1.807, 2.05) is 45.9 Å². The first-order valence-electron chi connectivity index (χ1n) is 6.97. The van der Waals surface area contributed by atoms with Gasteiger partial charge in [0.05, 0.1) is 6.04 Å². The fourth-order valence-corrected chi connectivity index (χ4v) is 2.45. The third-order valence-corrected chi connectivity index (χ3v) is 3.29. The van der Waals surface area contributed by atoms with E-state index in [4.69, 9.17) is 4.74 Å². The van der Waals surface area contributed by atoms with Gasteiger partial charge in [-0.3, -0.25) is 9.69 Å². The van der Waals surface area contributed by atoms with Crippen molar-refractivity contribution in [3.63, 3.8) is 0 Å². The van der Waals surface area contributed by atoms with Crippen LogP contribution in [0.2, 0.25) is 0 Å². The van der Waals surface area contributed by atoms with Gasteiger partial charge in [0, 0.05) is 6.54 Å². The molecule has 0 amide bonds. The quantitative estimate of drug-likeness (QED) is 0.479. The Labute approximate surface area is 121 Å². The van der Waals surface area contributed by atoms with Crippen molar-refractivity contribution in [2.45, 2.75) is 51.9 Å². The molecule has 0 spiro atoms. The zero-order valence-corrected chi connectivity index (χ0v) is 12.7. The lowest BCUT2D eigenvalue weighted by atomic mass is 10.1. The maximum atomic E-state index is 12.2. The maximum absolute atomic E-state index is 12.2. The van der Waals surface area contributed by atoms with E-state index in [0.29, 0.717) is 0 Å². The topological polar surface area (TPSA) is 29.3 Å². The summed E-state index contributed by atoms with van der Waals surface area (Å²) in [4.78, 5) is 14.4. The highest BCUT2D eigenvalue weighted by molar-refractivity contribution is 5.81. The smallest absolute Gasteiger partial charge is 0.325 e. The number of benzene rings is 1. The molecule has 2 rings (SSSR count). The van der Waals surface area contributed by atoms with Crippen LogP contribution in [0.25, 0.3) is 0 Å². The summed E-state index contributed by atoms with van der Waals surface area (Å²) in [6, 6.07) is 10.1. The minimum atomic E-state index is -0.447. The number of nitrogens with zero attached hydrogens (tertiary/aromatic N) is 1. The van der Waals surface area contributed by atoms with E-state index in [1.165, 1.54) is 5.56 Å². The van der Waals surface area contributed by atoms with Crippen molar-refractivity contribution in [1.82, 2.24) is 4.90 Å². The zero-order chi connectivity index (χ0) is 14.9. The Kier molecular flexibility index (Phi) is 4.00.